The third-order valence-corrected chi connectivity index (χ3v) is 3.80. The topological polar surface area (TPSA) is 89.3 Å². The predicted molar refractivity (Wildman–Crippen MR) is 82.6 cm³/mol. The van der Waals surface area contributed by atoms with Crippen molar-refractivity contribution < 1.29 is 17.6 Å². The van der Waals surface area contributed by atoms with Crippen molar-refractivity contribution in [2.75, 3.05) is 5.32 Å². The molecule has 0 aliphatic heterocycles. The number of carbonyl (C=O) groups excluding carboxylic acids is 1. The smallest absolute Gasteiger partial charge is 0.257 e. The maximum Gasteiger partial charge on any atom is 0.257 e. The van der Waals surface area contributed by atoms with E-state index in [0.29, 0.717) is 11.3 Å². The van der Waals surface area contributed by atoms with E-state index in [1.165, 1.54) is 30.3 Å². The number of sulfonamides is 1. The first-order chi connectivity index (χ1) is 10.2. The number of primary sulfonamides is 1. The Balaban J connectivity index is 2.12. The molecule has 2 aromatic rings. The van der Waals surface area contributed by atoms with Gasteiger partial charge < -0.3 is 5.32 Å². The van der Waals surface area contributed by atoms with Crippen molar-refractivity contribution >= 4 is 33.2 Å². The SMILES string of the molecule is NS(=O)(=O)Cc1ccc(NC(=O)c2ccc(F)cc2Cl)cc1. The summed E-state index contributed by atoms with van der Waals surface area (Å²) in [6.07, 6.45) is 0. The number of carbonyl (C=O) groups is 1. The first-order valence-corrected chi connectivity index (χ1v) is 8.20. The molecule has 22 heavy (non-hydrogen) atoms. The number of nitrogens with one attached hydrogen (secondary N) is 1. The Morgan fingerprint density at radius 1 is 1.18 bits per heavy atom. The zero-order chi connectivity index (χ0) is 16.3. The Hall–Kier alpha value is -1.96. The molecule has 0 aliphatic carbocycles. The molecule has 8 heteroatoms. The second-order valence-electron chi connectivity index (χ2n) is 4.58. The summed E-state index contributed by atoms with van der Waals surface area (Å²) in [7, 11) is -3.61. The van der Waals surface area contributed by atoms with Crippen LogP contribution in [0.3, 0.4) is 0 Å². The zero-order valence-corrected chi connectivity index (χ0v) is 12.8. The molecule has 0 aliphatic rings. The van der Waals surface area contributed by atoms with E-state index in [0.717, 1.165) is 12.1 Å². The van der Waals surface area contributed by atoms with Crippen molar-refractivity contribution in [1.82, 2.24) is 0 Å². The van der Waals surface area contributed by atoms with Gasteiger partial charge in [-0.05, 0) is 35.9 Å². The van der Waals surface area contributed by atoms with Gasteiger partial charge in [-0.1, -0.05) is 23.7 Å². The van der Waals surface area contributed by atoms with Crippen molar-refractivity contribution in [3.63, 3.8) is 0 Å². The van der Waals surface area contributed by atoms with Crippen molar-refractivity contribution in [3.8, 4) is 0 Å². The lowest BCUT2D eigenvalue weighted by molar-refractivity contribution is 0.102. The van der Waals surface area contributed by atoms with Gasteiger partial charge in [0.05, 0.1) is 16.3 Å². The van der Waals surface area contributed by atoms with Gasteiger partial charge in [-0.3, -0.25) is 4.79 Å². The fraction of sp³-hybridized carbons (Fsp3) is 0.0714. The number of hydrogen-bond acceptors (Lipinski definition) is 3. The van der Waals surface area contributed by atoms with Gasteiger partial charge in [-0.25, -0.2) is 17.9 Å². The fourth-order valence-corrected chi connectivity index (χ4v) is 2.70. The van der Waals surface area contributed by atoms with Crippen LogP contribution >= 0.6 is 11.6 Å². The van der Waals surface area contributed by atoms with Crippen molar-refractivity contribution in [2.45, 2.75) is 5.75 Å². The molecule has 116 valence electrons. The van der Waals surface area contributed by atoms with Gasteiger partial charge in [0, 0.05) is 5.69 Å². The van der Waals surface area contributed by atoms with Gasteiger partial charge in [0.25, 0.3) is 5.91 Å². The quantitative estimate of drug-likeness (QED) is 0.894. The third-order valence-electron chi connectivity index (χ3n) is 2.76. The standard InChI is InChI=1S/C14H12ClFN2O3S/c15-13-7-10(16)3-6-12(13)14(19)18-11-4-1-9(2-5-11)8-22(17,20)21/h1-7H,8H2,(H,18,19)(H2,17,20,21). The van der Waals surface area contributed by atoms with E-state index >= 15 is 0 Å². The Morgan fingerprint density at radius 2 is 1.82 bits per heavy atom. The van der Waals surface area contributed by atoms with E-state index in [1.54, 1.807) is 0 Å². The first kappa shape index (κ1) is 16.4. The minimum atomic E-state index is -3.61. The minimum absolute atomic E-state index is 0.00310. The summed E-state index contributed by atoms with van der Waals surface area (Å²) in [5, 5.41) is 7.53. The van der Waals surface area contributed by atoms with Crippen LogP contribution in [0.2, 0.25) is 5.02 Å². The average molecular weight is 343 g/mol. The van der Waals surface area contributed by atoms with E-state index < -0.39 is 21.7 Å². The summed E-state index contributed by atoms with van der Waals surface area (Å²) in [6, 6.07) is 9.61. The number of nitrogens with two attached hydrogens (primary N) is 1. The lowest BCUT2D eigenvalue weighted by Crippen LogP contribution is -2.15. The van der Waals surface area contributed by atoms with Crippen LogP contribution in [0, 0.1) is 5.82 Å². The molecular weight excluding hydrogens is 331 g/mol. The maximum absolute atomic E-state index is 12.9. The number of rotatable bonds is 4. The zero-order valence-electron chi connectivity index (χ0n) is 11.2. The molecule has 5 nitrogen and oxygen atoms in total. The van der Waals surface area contributed by atoms with Gasteiger partial charge in [0.2, 0.25) is 10.0 Å². The van der Waals surface area contributed by atoms with E-state index in [4.69, 9.17) is 16.7 Å². The molecule has 0 saturated carbocycles. The lowest BCUT2D eigenvalue weighted by Gasteiger charge is -2.07. The molecule has 3 N–H and O–H groups in total. The molecule has 0 atom stereocenters. The molecule has 0 bridgehead atoms. The molecule has 1 amide bonds. The molecular formula is C14H12ClFN2O3S. The summed E-state index contributed by atoms with van der Waals surface area (Å²) in [5.41, 5.74) is 1.08. The van der Waals surface area contributed by atoms with Gasteiger partial charge in [-0.15, -0.1) is 0 Å². The van der Waals surface area contributed by atoms with Crippen molar-refractivity contribution in [1.29, 1.82) is 0 Å². The van der Waals surface area contributed by atoms with Crippen molar-refractivity contribution in [3.05, 3.63) is 64.4 Å². The van der Waals surface area contributed by atoms with E-state index in [-0.39, 0.29) is 16.3 Å². The second kappa shape index (κ2) is 6.43. The molecule has 0 spiro atoms. The molecule has 0 heterocycles. The summed E-state index contributed by atoms with van der Waals surface area (Å²) < 4.78 is 34.9. The number of hydrogen-bond donors (Lipinski definition) is 2. The van der Waals surface area contributed by atoms with Gasteiger partial charge in [-0.2, -0.15) is 0 Å². The highest BCUT2D eigenvalue weighted by Gasteiger charge is 2.11. The van der Waals surface area contributed by atoms with Crippen LogP contribution < -0.4 is 10.5 Å². The summed E-state index contributed by atoms with van der Waals surface area (Å²) >= 11 is 5.81. The van der Waals surface area contributed by atoms with Crippen molar-refractivity contribution in [2.24, 2.45) is 5.14 Å². The Labute approximate surface area is 131 Å². The average Bonchev–Trinajstić information content (AvgIpc) is 2.39. The molecule has 0 unspecified atom stereocenters. The number of amides is 1. The van der Waals surface area contributed by atoms with Gasteiger partial charge in [0.15, 0.2) is 0 Å². The van der Waals surface area contributed by atoms with E-state index in [2.05, 4.69) is 5.32 Å². The third kappa shape index (κ3) is 4.52. The van der Waals surface area contributed by atoms with Gasteiger partial charge >= 0.3 is 0 Å². The Bertz CT molecular complexity index is 807. The summed E-state index contributed by atoms with van der Waals surface area (Å²) in [6.45, 7) is 0. The summed E-state index contributed by atoms with van der Waals surface area (Å²) in [5.74, 6) is -1.32. The molecule has 2 rings (SSSR count). The van der Waals surface area contributed by atoms with Gasteiger partial charge in [0.1, 0.15) is 5.82 Å². The maximum atomic E-state index is 12.9. The highest BCUT2D eigenvalue weighted by atomic mass is 35.5. The molecule has 0 aromatic heterocycles. The first-order valence-electron chi connectivity index (χ1n) is 6.10. The monoisotopic (exact) mass is 342 g/mol. The van der Waals surface area contributed by atoms with E-state index in [9.17, 15) is 17.6 Å². The second-order valence-corrected chi connectivity index (χ2v) is 6.60. The Kier molecular flexibility index (Phi) is 4.80. The van der Waals surface area contributed by atoms with Crippen LogP contribution in [0.25, 0.3) is 0 Å². The van der Waals surface area contributed by atoms with E-state index in [1.807, 2.05) is 0 Å². The fourth-order valence-electron chi connectivity index (χ4n) is 1.79. The van der Waals surface area contributed by atoms with Crippen LogP contribution in [0.4, 0.5) is 10.1 Å². The summed E-state index contributed by atoms with van der Waals surface area (Å²) in [4.78, 5) is 12.0. The van der Waals surface area contributed by atoms with Crippen LogP contribution in [0.5, 0.6) is 0 Å². The number of halogens is 2. The molecule has 0 radical (unpaired) electrons. The Morgan fingerprint density at radius 3 is 2.36 bits per heavy atom. The number of anilines is 1. The van der Waals surface area contributed by atoms with Crippen LogP contribution in [-0.4, -0.2) is 14.3 Å². The highest BCUT2D eigenvalue weighted by Crippen LogP contribution is 2.19. The highest BCUT2D eigenvalue weighted by molar-refractivity contribution is 7.88. The molecule has 2 aromatic carbocycles. The molecule has 0 fully saturated rings. The minimum Gasteiger partial charge on any atom is -0.322 e. The van der Waals surface area contributed by atoms with Crippen LogP contribution in [-0.2, 0) is 15.8 Å². The van der Waals surface area contributed by atoms with Crippen LogP contribution in [0.15, 0.2) is 42.5 Å². The van der Waals surface area contributed by atoms with Crippen LogP contribution in [0.1, 0.15) is 15.9 Å². The predicted octanol–water partition coefficient (Wildman–Crippen LogP) is 2.52. The molecule has 0 saturated heterocycles. The number of benzene rings is 2. The largest absolute Gasteiger partial charge is 0.322 e. The normalized spacial score (nSPS) is 11.2. The lowest BCUT2D eigenvalue weighted by atomic mass is 10.2.